The molecular formula is C11H18N2O3S2. The van der Waals surface area contributed by atoms with E-state index in [0.717, 1.165) is 30.6 Å². The molecule has 1 saturated carbocycles. The summed E-state index contributed by atoms with van der Waals surface area (Å²) in [6, 6.07) is 1.46. The molecule has 18 heavy (non-hydrogen) atoms. The van der Waals surface area contributed by atoms with Gasteiger partial charge in [-0.1, -0.05) is 6.42 Å². The highest BCUT2D eigenvalue weighted by Gasteiger charge is 2.23. The number of nitrogens with one attached hydrogen (secondary N) is 1. The second-order valence-electron chi connectivity index (χ2n) is 4.74. The molecule has 0 bridgehead atoms. The van der Waals surface area contributed by atoms with Gasteiger partial charge in [-0.25, -0.2) is 13.1 Å². The first-order chi connectivity index (χ1) is 8.47. The largest absolute Gasteiger partial charge is 0.398 e. The fourth-order valence-corrected chi connectivity index (χ4v) is 4.46. The maximum Gasteiger partial charge on any atom is 0.250 e. The number of rotatable bonds is 4. The van der Waals surface area contributed by atoms with Crippen molar-refractivity contribution in [2.75, 3.05) is 12.3 Å². The third-order valence-electron chi connectivity index (χ3n) is 3.18. The van der Waals surface area contributed by atoms with E-state index < -0.39 is 10.0 Å². The average molecular weight is 290 g/mol. The molecule has 0 spiro atoms. The number of hydrogen-bond acceptors (Lipinski definition) is 5. The van der Waals surface area contributed by atoms with Crippen LogP contribution in [0.2, 0.25) is 0 Å². The number of aliphatic hydroxyl groups excluding tert-OH is 1. The summed E-state index contributed by atoms with van der Waals surface area (Å²) in [5, 5.41) is 11.1. The molecule has 2 unspecified atom stereocenters. The molecule has 1 aliphatic carbocycles. The van der Waals surface area contributed by atoms with Gasteiger partial charge in [0.1, 0.15) is 4.21 Å². The maximum atomic E-state index is 12.0. The molecule has 1 aromatic rings. The number of nitrogen functional groups attached to an aromatic ring is 1. The third kappa shape index (κ3) is 3.44. The van der Waals surface area contributed by atoms with E-state index in [1.807, 2.05) is 0 Å². The molecule has 2 atom stereocenters. The second kappa shape index (κ2) is 5.56. The molecule has 7 heteroatoms. The van der Waals surface area contributed by atoms with E-state index in [9.17, 15) is 13.5 Å². The van der Waals surface area contributed by atoms with Crippen LogP contribution in [-0.4, -0.2) is 26.2 Å². The van der Waals surface area contributed by atoms with Crippen molar-refractivity contribution in [1.29, 1.82) is 0 Å². The van der Waals surface area contributed by atoms with Crippen LogP contribution in [0.3, 0.4) is 0 Å². The summed E-state index contributed by atoms with van der Waals surface area (Å²) < 4.78 is 26.7. The minimum absolute atomic E-state index is 0.223. The van der Waals surface area contributed by atoms with Crippen molar-refractivity contribution < 1.29 is 13.5 Å². The van der Waals surface area contributed by atoms with Crippen LogP contribution in [0.15, 0.2) is 15.7 Å². The Kier molecular flexibility index (Phi) is 4.26. The van der Waals surface area contributed by atoms with Gasteiger partial charge in [0, 0.05) is 17.6 Å². The minimum Gasteiger partial charge on any atom is -0.398 e. The van der Waals surface area contributed by atoms with E-state index in [0.29, 0.717) is 18.7 Å². The molecule has 0 amide bonds. The topological polar surface area (TPSA) is 92.4 Å². The van der Waals surface area contributed by atoms with E-state index in [4.69, 9.17) is 5.73 Å². The molecule has 1 aliphatic rings. The highest BCUT2D eigenvalue weighted by atomic mass is 32.2. The first kappa shape index (κ1) is 13.8. The Morgan fingerprint density at radius 2 is 2.28 bits per heavy atom. The van der Waals surface area contributed by atoms with E-state index in [1.54, 1.807) is 5.38 Å². The predicted octanol–water partition coefficient (Wildman–Crippen LogP) is 1.16. The van der Waals surface area contributed by atoms with Gasteiger partial charge in [-0.2, -0.15) is 0 Å². The van der Waals surface area contributed by atoms with E-state index in [1.165, 1.54) is 6.07 Å². The Hall–Kier alpha value is -0.630. The fraction of sp³-hybridized carbons (Fsp3) is 0.636. The number of nitrogens with two attached hydrogens (primary N) is 1. The van der Waals surface area contributed by atoms with Gasteiger partial charge in [0.25, 0.3) is 0 Å². The standard InChI is InChI=1S/C11H18N2O3S2/c12-9-5-11(17-7-9)18(15,16)13-6-8-2-1-3-10(14)4-8/h5,7-8,10,13-14H,1-4,6,12H2. The zero-order valence-corrected chi connectivity index (χ0v) is 11.6. The van der Waals surface area contributed by atoms with Crippen LogP contribution in [0.5, 0.6) is 0 Å². The van der Waals surface area contributed by atoms with E-state index in [-0.39, 0.29) is 16.2 Å². The van der Waals surface area contributed by atoms with E-state index >= 15 is 0 Å². The molecule has 1 aromatic heterocycles. The monoisotopic (exact) mass is 290 g/mol. The van der Waals surface area contributed by atoms with Gasteiger partial charge in [0.15, 0.2) is 0 Å². The summed E-state index contributed by atoms with van der Waals surface area (Å²) in [5.41, 5.74) is 5.98. The lowest BCUT2D eigenvalue weighted by molar-refractivity contribution is 0.102. The summed E-state index contributed by atoms with van der Waals surface area (Å²) in [6.07, 6.45) is 3.14. The number of aliphatic hydroxyl groups is 1. The quantitative estimate of drug-likeness (QED) is 0.776. The van der Waals surface area contributed by atoms with Gasteiger partial charge < -0.3 is 10.8 Å². The van der Waals surface area contributed by atoms with Crippen molar-refractivity contribution in [3.8, 4) is 0 Å². The smallest absolute Gasteiger partial charge is 0.250 e. The van der Waals surface area contributed by atoms with Gasteiger partial charge in [-0.15, -0.1) is 11.3 Å². The van der Waals surface area contributed by atoms with Gasteiger partial charge in [0.2, 0.25) is 10.0 Å². The Balaban J connectivity index is 1.93. The van der Waals surface area contributed by atoms with Crippen LogP contribution in [0.4, 0.5) is 5.69 Å². The third-order valence-corrected chi connectivity index (χ3v) is 6.06. The molecule has 5 nitrogen and oxygen atoms in total. The lowest BCUT2D eigenvalue weighted by Crippen LogP contribution is -2.32. The number of anilines is 1. The van der Waals surface area contributed by atoms with Crippen LogP contribution in [-0.2, 0) is 10.0 Å². The Bertz CT molecular complexity index is 498. The maximum absolute atomic E-state index is 12.0. The van der Waals surface area contributed by atoms with E-state index in [2.05, 4.69) is 4.72 Å². The Morgan fingerprint density at radius 1 is 1.50 bits per heavy atom. The zero-order valence-electron chi connectivity index (χ0n) is 10.0. The first-order valence-electron chi connectivity index (χ1n) is 5.99. The van der Waals surface area contributed by atoms with Crippen molar-refractivity contribution >= 4 is 27.0 Å². The fourth-order valence-electron chi connectivity index (χ4n) is 2.22. The molecule has 4 N–H and O–H groups in total. The number of sulfonamides is 1. The van der Waals surface area contributed by atoms with Crippen molar-refractivity contribution in [2.45, 2.75) is 36.0 Å². The summed E-state index contributed by atoms with van der Waals surface area (Å²) in [5.74, 6) is 0.223. The summed E-state index contributed by atoms with van der Waals surface area (Å²) in [7, 11) is -3.45. The van der Waals surface area contributed by atoms with Crippen LogP contribution in [0.25, 0.3) is 0 Å². The highest BCUT2D eigenvalue weighted by Crippen LogP contribution is 2.25. The van der Waals surface area contributed by atoms with Crippen LogP contribution in [0.1, 0.15) is 25.7 Å². The SMILES string of the molecule is Nc1csc(S(=O)(=O)NCC2CCCC(O)C2)c1. The molecule has 1 fully saturated rings. The number of hydrogen-bond donors (Lipinski definition) is 3. The van der Waals surface area contributed by atoms with Gasteiger partial charge in [-0.05, 0) is 31.2 Å². The second-order valence-corrected chi connectivity index (χ2v) is 7.64. The Morgan fingerprint density at radius 3 is 2.89 bits per heavy atom. The van der Waals surface area contributed by atoms with Crippen LogP contribution < -0.4 is 10.5 Å². The molecule has 1 heterocycles. The molecule has 2 rings (SSSR count). The predicted molar refractivity (Wildman–Crippen MR) is 71.9 cm³/mol. The van der Waals surface area contributed by atoms with Crippen molar-refractivity contribution in [1.82, 2.24) is 4.72 Å². The molecule has 0 aromatic carbocycles. The van der Waals surface area contributed by atoms with Crippen LogP contribution >= 0.6 is 11.3 Å². The lowest BCUT2D eigenvalue weighted by atomic mass is 9.87. The molecular weight excluding hydrogens is 272 g/mol. The van der Waals surface area contributed by atoms with Gasteiger partial charge >= 0.3 is 0 Å². The molecule has 0 saturated heterocycles. The minimum atomic E-state index is -3.45. The normalized spacial score (nSPS) is 25.2. The zero-order chi connectivity index (χ0) is 13.2. The molecule has 102 valence electrons. The lowest BCUT2D eigenvalue weighted by Gasteiger charge is -2.25. The van der Waals surface area contributed by atoms with Crippen LogP contribution in [0, 0.1) is 5.92 Å². The summed E-state index contributed by atoms with van der Waals surface area (Å²) in [4.78, 5) is 0. The highest BCUT2D eigenvalue weighted by molar-refractivity contribution is 7.91. The van der Waals surface area contributed by atoms with Crippen molar-refractivity contribution in [3.05, 3.63) is 11.4 Å². The summed E-state index contributed by atoms with van der Waals surface area (Å²) >= 11 is 1.12. The van der Waals surface area contributed by atoms with Gasteiger partial charge in [0.05, 0.1) is 6.10 Å². The molecule has 0 aliphatic heterocycles. The van der Waals surface area contributed by atoms with Crippen molar-refractivity contribution in [3.63, 3.8) is 0 Å². The van der Waals surface area contributed by atoms with Gasteiger partial charge in [-0.3, -0.25) is 0 Å². The summed E-state index contributed by atoms with van der Waals surface area (Å²) in [6.45, 7) is 0.386. The Labute approximate surface area is 111 Å². The molecule has 0 radical (unpaired) electrons. The average Bonchev–Trinajstić information content (AvgIpc) is 2.74. The van der Waals surface area contributed by atoms with Crippen molar-refractivity contribution in [2.24, 2.45) is 5.92 Å². The number of thiophene rings is 1. The first-order valence-corrected chi connectivity index (χ1v) is 8.35.